The number of aliphatic imine (C=N–C) groups is 1. The first-order valence-electron chi connectivity index (χ1n) is 10.0. The number of rotatable bonds is 10. The highest BCUT2D eigenvalue weighted by Crippen LogP contribution is 2.27. The van der Waals surface area contributed by atoms with E-state index < -0.39 is 0 Å². The van der Waals surface area contributed by atoms with Crippen LogP contribution in [0.5, 0.6) is 17.4 Å². The lowest BCUT2D eigenvalue weighted by Gasteiger charge is -2.11. The number of benzene rings is 2. The summed E-state index contributed by atoms with van der Waals surface area (Å²) in [4.78, 5) is 8.75. The minimum Gasteiger partial charge on any atom is -0.493 e. The third kappa shape index (κ3) is 7.60. The number of pyridine rings is 1. The number of halogens is 1. The number of nitrogens with two attached hydrogens (primary N) is 1. The molecule has 0 saturated carbocycles. The number of nitrogens with zero attached hydrogens (tertiary/aromatic N) is 2. The molecule has 0 amide bonds. The van der Waals surface area contributed by atoms with Crippen LogP contribution in [0.4, 0.5) is 0 Å². The minimum absolute atomic E-state index is 0. The van der Waals surface area contributed by atoms with E-state index in [0.29, 0.717) is 43.0 Å². The molecule has 0 spiro atoms. The third-order valence-electron chi connectivity index (χ3n) is 4.66. The van der Waals surface area contributed by atoms with E-state index in [-0.39, 0.29) is 24.0 Å². The average Bonchev–Trinajstić information content (AvgIpc) is 2.82. The molecule has 1 aromatic heterocycles. The van der Waals surface area contributed by atoms with Gasteiger partial charge in [-0.2, -0.15) is 0 Å². The molecule has 0 unspecified atom stereocenters. The maximum absolute atomic E-state index is 6.04. The quantitative estimate of drug-likeness (QED) is 0.227. The molecule has 0 radical (unpaired) electrons. The highest BCUT2D eigenvalue weighted by atomic mass is 127. The number of ether oxygens (including phenoxy) is 3. The molecule has 0 aliphatic rings. The number of methoxy groups -OCH3 is 2. The normalized spacial score (nSPS) is 10.8. The van der Waals surface area contributed by atoms with Crippen molar-refractivity contribution in [3.8, 4) is 17.4 Å². The van der Waals surface area contributed by atoms with Crippen molar-refractivity contribution in [3.05, 3.63) is 83.6 Å². The van der Waals surface area contributed by atoms with Gasteiger partial charge in [-0.3, -0.25) is 0 Å². The van der Waals surface area contributed by atoms with Gasteiger partial charge in [-0.1, -0.05) is 42.5 Å². The molecule has 3 rings (SSSR count). The molecule has 7 nitrogen and oxygen atoms in total. The van der Waals surface area contributed by atoms with Gasteiger partial charge >= 0.3 is 0 Å². The predicted molar refractivity (Wildman–Crippen MR) is 137 cm³/mol. The topological polar surface area (TPSA) is 91.0 Å². The van der Waals surface area contributed by atoms with E-state index in [0.717, 1.165) is 23.1 Å². The maximum Gasteiger partial charge on any atom is 0.218 e. The fraction of sp³-hybridized carbons (Fsp3) is 0.250. The Kier molecular flexibility index (Phi) is 10.6. The molecule has 0 aliphatic heterocycles. The van der Waals surface area contributed by atoms with Gasteiger partial charge in [-0.25, -0.2) is 9.98 Å². The first-order valence-corrected chi connectivity index (χ1v) is 10.0. The summed E-state index contributed by atoms with van der Waals surface area (Å²) >= 11 is 0. The van der Waals surface area contributed by atoms with Gasteiger partial charge in [-0.15, -0.1) is 24.0 Å². The summed E-state index contributed by atoms with van der Waals surface area (Å²) < 4.78 is 16.5. The zero-order valence-electron chi connectivity index (χ0n) is 18.3. The van der Waals surface area contributed by atoms with E-state index in [1.54, 1.807) is 20.4 Å². The molecule has 32 heavy (non-hydrogen) atoms. The van der Waals surface area contributed by atoms with Crippen LogP contribution in [0.2, 0.25) is 0 Å². The van der Waals surface area contributed by atoms with Crippen LogP contribution in [0.25, 0.3) is 0 Å². The molecule has 3 N–H and O–H groups in total. The summed E-state index contributed by atoms with van der Waals surface area (Å²) in [6.07, 6.45) is 2.48. The van der Waals surface area contributed by atoms with Gasteiger partial charge in [0.1, 0.15) is 6.61 Å². The fourth-order valence-electron chi connectivity index (χ4n) is 3.00. The minimum atomic E-state index is 0. The van der Waals surface area contributed by atoms with E-state index in [1.807, 2.05) is 60.7 Å². The molecule has 1 heterocycles. The molecule has 0 aliphatic carbocycles. The Bertz CT molecular complexity index is 1000. The van der Waals surface area contributed by atoms with Gasteiger partial charge in [0.05, 0.1) is 20.8 Å². The third-order valence-corrected chi connectivity index (χ3v) is 4.66. The molecule has 0 atom stereocenters. The smallest absolute Gasteiger partial charge is 0.218 e. The van der Waals surface area contributed by atoms with Crippen LogP contribution in [0.3, 0.4) is 0 Å². The summed E-state index contributed by atoms with van der Waals surface area (Å²) in [5.41, 5.74) is 9.11. The standard InChI is InChI=1S/C24H28N4O3.HI/c1-29-21-11-10-18(15-22(21)30-2)12-14-27-24(25)28-16-20-9-6-13-26-23(20)31-17-19-7-4-3-5-8-19;/h3-11,13,15H,12,14,16-17H2,1-2H3,(H3,25,27,28);1H. The lowest BCUT2D eigenvalue weighted by molar-refractivity contribution is 0.290. The Morgan fingerprint density at radius 1 is 0.969 bits per heavy atom. The van der Waals surface area contributed by atoms with Crippen molar-refractivity contribution < 1.29 is 14.2 Å². The van der Waals surface area contributed by atoms with Gasteiger partial charge in [0.25, 0.3) is 0 Å². The Labute approximate surface area is 206 Å². The van der Waals surface area contributed by atoms with Crippen LogP contribution in [0.1, 0.15) is 16.7 Å². The molecule has 0 saturated heterocycles. The van der Waals surface area contributed by atoms with Crippen molar-refractivity contribution in [2.75, 3.05) is 20.8 Å². The van der Waals surface area contributed by atoms with Crippen LogP contribution in [-0.4, -0.2) is 31.7 Å². The summed E-state index contributed by atoms with van der Waals surface area (Å²) in [5, 5.41) is 3.14. The molecule has 8 heteroatoms. The van der Waals surface area contributed by atoms with Crippen molar-refractivity contribution >= 4 is 29.9 Å². The molecule has 170 valence electrons. The van der Waals surface area contributed by atoms with Crippen LogP contribution < -0.4 is 25.3 Å². The lowest BCUT2D eigenvalue weighted by Crippen LogP contribution is -2.33. The molecule has 0 bridgehead atoms. The number of nitrogens with one attached hydrogen (secondary N) is 1. The molecular formula is C24H29IN4O3. The highest BCUT2D eigenvalue weighted by molar-refractivity contribution is 14.0. The zero-order valence-corrected chi connectivity index (χ0v) is 20.6. The zero-order chi connectivity index (χ0) is 21.9. The summed E-state index contributed by atoms with van der Waals surface area (Å²) in [7, 11) is 3.25. The van der Waals surface area contributed by atoms with Gasteiger partial charge in [0.15, 0.2) is 17.5 Å². The second kappa shape index (κ2) is 13.4. The van der Waals surface area contributed by atoms with Crippen molar-refractivity contribution in [3.63, 3.8) is 0 Å². The number of hydrogen-bond acceptors (Lipinski definition) is 5. The highest BCUT2D eigenvalue weighted by Gasteiger charge is 2.06. The van der Waals surface area contributed by atoms with E-state index in [2.05, 4.69) is 15.3 Å². The van der Waals surface area contributed by atoms with Gasteiger partial charge < -0.3 is 25.3 Å². The van der Waals surface area contributed by atoms with Crippen LogP contribution >= 0.6 is 24.0 Å². The summed E-state index contributed by atoms with van der Waals surface area (Å²) in [5.74, 6) is 2.36. The first kappa shape index (κ1) is 25.3. The van der Waals surface area contributed by atoms with E-state index in [1.165, 1.54) is 0 Å². The second-order valence-electron chi connectivity index (χ2n) is 6.81. The maximum atomic E-state index is 6.04. The Balaban J connectivity index is 0.00000363. The summed E-state index contributed by atoms with van der Waals surface area (Å²) in [6, 6.07) is 19.6. The number of hydrogen-bond donors (Lipinski definition) is 2. The van der Waals surface area contributed by atoms with E-state index >= 15 is 0 Å². The van der Waals surface area contributed by atoms with Crippen molar-refractivity contribution in [1.29, 1.82) is 0 Å². The van der Waals surface area contributed by atoms with E-state index in [9.17, 15) is 0 Å². The predicted octanol–water partition coefficient (Wildman–Crippen LogP) is 3.94. The van der Waals surface area contributed by atoms with Gasteiger partial charge in [0.2, 0.25) is 5.88 Å². The molecule has 3 aromatic rings. The van der Waals surface area contributed by atoms with Crippen molar-refractivity contribution in [2.45, 2.75) is 19.6 Å². The van der Waals surface area contributed by atoms with Crippen LogP contribution in [0.15, 0.2) is 71.9 Å². The Hall–Kier alpha value is -3.01. The van der Waals surface area contributed by atoms with Gasteiger partial charge in [-0.05, 0) is 35.7 Å². The molecular weight excluding hydrogens is 519 g/mol. The number of aromatic nitrogens is 1. The van der Waals surface area contributed by atoms with Crippen molar-refractivity contribution in [1.82, 2.24) is 10.3 Å². The number of guanidine groups is 1. The fourth-order valence-corrected chi connectivity index (χ4v) is 3.00. The summed E-state index contributed by atoms with van der Waals surface area (Å²) in [6.45, 7) is 1.48. The first-order chi connectivity index (χ1) is 15.2. The van der Waals surface area contributed by atoms with E-state index in [4.69, 9.17) is 19.9 Å². The molecule has 0 fully saturated rings. The average molecular weight is 548 g/mol. The second-order valence-corrected chi connectivity index (χ2v) is 6.81. The largest absolute Gasteiger partial charge is 0.493 e. The van der Waals surface area contributed by atoms with Crippen molar-refractivity contribution in [2.24, 2.45) is 10.7 Å². The lowest BCUT2D eigenvalue weighted by atomic mass is 10.1. The monoisotopic (exact) mass is 548 g/mol. The Morgan fingerprint density at radius 3 is 2.50 bits per heavy atom. The van der Waals surface area contributed by atoms with Crippen LogP contribution in [-0.2, 0) is 19.6 Å². The Morgan fingerprint density at radius 2 is 1.75 bits per heavy atom. The van der Waals surface area contributed by atoms with Gasteiger partial charge in [0, 0.05) is 18.3 Å². The SMILES string of the molecule is COc1ccc(CCNC(N)=NCc2cccnc2OCc2ccccc2)cc1OC.I. The molecule has 2 aromatic carbocycles. The van der Waals surface area contributed by atoms with Crippen LogP contribution in [0, 0.1) is 0 Å².